The van der Waals surface area contributed by atoms with Gasteiger partial charge < -0.3 is 24.8 Å². The second-order valence-corrected chi connectivity index (χ2v) is 6.47. The Morgan fingerprint density at radius 3 is 2.65 bits per heavy atom. The molecule has 26 heavy (non-hydrogen) atoms. The topological polar surface area (TPSA) is 90.9 Å². The number of likely N-dealkylation sites (tertiary alicyclic amines) is 1. The van der Waals surface area contributed by atoms with Gasteiger partial charge in [-0.1, -0.05) is 0 Å². The zero-order chi connectivity index (χ0) is 18.4. The maximum absolute atomic E-state index is 11.8. The molecule has 2 amide bonds. The second-order valence-electron chi connectivity index (χ2n) is 6.47. The van der Waals surface area contributed by atoms with E-state index in [1.54, 1.807) is 16.0 Å². The Labute approximate surface area is 153 Å². The van der Waals surface area contributed by atoms with Crippen molar-refractivity contribution in [3.8, 4) is 0 Å². The van der Waals surface area contributed by atoms with Crippen LogP contribution in [0.15, 0.2) is 12.3 Å². The first-order valence-corrected chi connectivity index (χ1v) is 9.15. The van der Waals surface area contributed by atoms with E-state index in [0.29, 0.717) is 38.7 Å². The minimum Gasteiger partial charge on any atom is -0.450 e. The fraction of sp³-hybridized carbons (Fsp3) is 0.647. The van der Waals surface area contributed by atoms with Crippen molar-refractivity contribution in [1.29, 1.82) is 0 Å². The number of nitrogens with zero attached hydrogens (tertiary/aromatic N) is 5. The highest BCUT2D eigenvalue weighted by Gasteiger charge is 2.24. The number of carbonyl (C=O) groups excluding carboxylic acids is 2. The summed E-state index contributed by atoms with van der Waals surface area (Å²) >= 11 is 0. The van der Waals surface area contributed by atoms with Crippen LogP contribution in [0.5, 0.6) is 0 Å². The quantitative estimate of drug-likeness (QED) is 0.774. The lowest BCUT2D eigenvalue weighted by molar-refractivity contribution is -0.118. The van der Waals surface area contributed by atoms with Crippen LogP contribution < -0.4 is 10.2 Å². The number of hydrogen-bond acceptors (Lipinski definition) is 7. The van der Waals surface area contributed by atoms with Crippen LogP contribution in [0.2, 0.25) is 0 Å². The van der Waals surface area contributed by atoms with E-state index in [2.05, 4.69) is 20.2 Å². The van der Waals surface area contributed by atoms with E-state index < -0.39 is 0 Å². The van der Waals surface area contributed by atoms with E-state index in [4.69, 9.17) is 4.74 Å². The van der Waals surface area contributed by atoms with Crippen molar-refractivity contribution in [2.75, 3.05) is 56.1 Å². The first kappa shape index (κ1) is 18.2. The maximum atomic E-state index is 11.8. The van der Waals surface area contributed by atoms with Gasteiger partial charge in [-0.15, -0.1) is 0 Å². The van der Waals surface area contributed by atoms with Gasteiger partial charge in [0, 0.05) is 51.5 Å². The first-order chi connectivity index (χ1) is 12.7. The van der Waals surface area contributed by atoms with Crippen molar-refractivity contribution in [2.24, 2.45) is 0 Å². The molecule has 3 rings (SSSR count). The summed E-state index contributed by atoms with van der Waals surface area (Å²) in [5.74, 6) is 1.48. The number of anilines is 2. The average molecular weight is 362 g/mol. The molecule has 0 radical (unpaired) electrons. The van der Waals surface area contributed by atoms with Crippen molar-refractivity contribution < 1.29 is 14.3 Å². The fourth-order valence-electron chi connectivity index (χ4n) is 3.26. The van der Waals surface area contributed by atoms with Gasteiger partial charge in [-0.25, -0.2) is 9.78 Å². The Morgan fingerprint density at radius 2 is 2.00 bits per heavy atom. The van der Waals surface area contributed by atoms with Gasteiger partial charge >= 0.3 is 6.09 Å². The molecule has 2 fully saturated rings. The number of piperazine rings is 1. The Hall–Kier alpha value is -2.58. The number of amides is 2. The number of piperidine rings is 1. The lowest BCUT2D eigenvalue weighted by atomic mass is 10.1. The summed E-state index contributed by atoms with van der Waals surface area (Å²) < 4.78 is 5.04. The molecule has 1 aromatic rings. The van der Waals surface area contributed by atoms with Crippen LogP contribution in [-0.4, -0.2) is 84.2 Å². The smallest absolute Gasteiger partial charge is 0.409 e. The van der Waals surface area contributed by atoms with E-state index in [1.807, 2.05) is 13.0 Å². The summed E-state index contributed by atoms with van der Waals surface area (Å²) in [5, 5.41) is 3.38. The highest BCUT2D eigenvalue weighted by molar-refractivity contribution is 5.67. The van der Waals surface area contributed by atoms with Crippen LogP contribution in [-0.2, 0) is 9.53 Å². The minimum absolute atomic E-state index is 0.237. The molecule has 0 aliphatic carbocycles. The van der Waals surface area contributed by atoms with Gasteiger partial charge in [-0.2, -0.15) is 4.98 Å². The van der Waals surface area contributed by atoms with Crippen LogP contribution in [0.25, 0.3) is 0 Å². The Morgan fingerprint density at radius 1 is 1.27 bits per heavy atom. The third kappa shape index (κ3) is 4.53. The molecule has 2 aliphatic heterocycles. The highest BCUT2D eigenvalue weighted by Crippen LogP contribution is 2.18. The van der Waals surface area contributed by atoms with E-state index >= 15 is 0 Å². The molecule has 1 aromatic heterocycles. The normalized spacial score (nSPS) is 18.6. The summed E-state index contributed by atoms with van der Waals surface area (Å²) in [5.41, 5.74) is 0. The Kier molecular flexibility index (Phi) is 6.08. The predicted octanol–water partition coefficient (Wildman–Crippen LogP) is 0.788. The van der Waals surface area contributed by atoms with Gasteiger partial charge in [0.25, 0.3) is 0 Å². The van der Waals surface area contributed by atoms with Crippen LogP contribution >= 0.6 is 0 Å². The number of ether oxygens (including phenoxy) is 1. The molecular formula is C17H26N6O3. The zero-order valence-electron chi connectivity index (χ0n) is 15.1. The van der Waals surface area contributed by atoms with Gasteiger partial charge in [-0.05, 0) is 25.8 Å². The number of aromatic nitrogens is 2. The minimum atomic E-state index is -0.237. The van der Waals surface area contributed by atoms with Crippen molar-refractivity contribution in [3.05, 3.63) is 12.3 Å². The largest absolute Gasteiger partial charge is 0.450 e. The number of rotatable bonds is 5. The van der Waals surface area contributed by atoms with Crippen LogP contribution in [0.3, 0.4) is 0 Å². The Balaban J connectivity index is 1.52. The van der Waals surface area contributed by atoms with Gasteiger partial charge in [0.05, 0.1) is 6.61 Å². The number of hydrogen-bond donors (Lipinski definition) is 1. The van der Waals surface area contributed by atoms with E-state index in [-0.39, 0.29) is 12.1 Å². The molecule has 0 unspecified atom stereocenters. The maximum Gasteiger partial charge on any atom is 0.409 e. The van der Waals surface area contributed by atoms with Crippen LogP contribution in [0, 0.1) is 0 Å². The molecule has 0 aromatic carbocycles. The molecular weight excluding hydrogens is 336 g/mol. The summed E-state index contributed by atoms with van der Waals surface area (Å²) in [6.07, 6.45) is 4.09. The van der Waals surface area contributed by atoms with E-state index in [1.165, 1.54) is 0 Å². The molecule has 1 N–H and O–H groups in total. The molecule has 0 saturated carbocycles. The monoisotopic (exact) mass is 362 g/mol. The van der Waals surface area contributed by atoms with Gasteiger partial charge in [0.2, 0.25) is 12.4 Å². The number of nitrogens with one attached hydrogen (secondary N) is 1. The van der Waals surface area contributed by atoms with Crippen LogP contribution in [0.1, 0.15) is 19.8 Å². The average Bonchev–Trinajstić information content (AvgIpc) is 2.69. The summed E-state index contributed by atoms with van der Waals surface area (Å²) in [6, 6.07) is 2.13. The third-order valence-corrected chi connectivity index (χ3v) is 4.78. The zero-order valence-corrected chi connectivity index (χ0v) is 15.1. The summed E-state index contributed by atoms with van der Waals surface area (Å²) in [7, 11) is 0. The molecule has 9 nitrogen and oxygen atoms in total. The molecule has 0 bridgehead atoms. The predicted molar refractivity (Wildman–Crippen MR) is 97.1 cm³/mol. The third-order valence-electron chi connectivity index (χ3n) is 4.78. The van der Waals surface area contributed by atoms with Crippen molar-refractivity contribution in [1.82, 2.24) is 19.8 Å². The molecule has 2 saturated heterocycles. The Bertz CT molecular complexity index is 612. The SMILES string of the molecule is CCOC(=O)N1CCC(Nc2nccc(N3CCN(C=O)CC3)n2)CC1. The highest BCUT2D eigenvalue weighted by atomic mass is 16.6. The molecule has 9 heteroatoms. The number of carbonyl (C=O) groups is 2. The van der Waals surface area contributed by atoms with Gasteiger partial charge in [0.15, 0.2) is 0 Å². The van der Waals surface area contributed by atoms with Crippen molar-refractivity contribution >= 4 is 24.3 Å². The van der Waals surface area contributed by atoms with E-state index in [9.17, 15) is 9.59 Å². The first-order valence-electron chi connectivity index (χ1n) is 9.15. The summed E-state index contributed by atoms with van der Waals surface area (Å²) in [4.78, 5) is 37.2. The second kappa shape index (κ2) is 8.68. The van der Waals surface area contributed by atoms with Gasteiger partial charge in [0.1, 0.15) is 5.82 Å². The fourth-order valence-corrected chi connectivity index (χ4v) is 3.26. The van der Waals surface area contributed by atoms with Crippen molar-refractivity contribution in [3.63, 3.8) is 0 Å². The summed E-state index contributed by atoms with van der Waals surface area (Å²) in [6.45, 7) is 6.52. The van der Waals surface area contributed by atoms with Gasteiger partial charge in [-0.3, -0.25) is 4.79 Å². The van der Waals surface area contributed by atoms with E-state index in [0.717, 1.165) is 38.2 Å². The molecule has 2 aliphatic rings. The molecule has 0 spiro atoms. The standard InChI is InChI=1S/C17H26N6O3/c1-2-26-17(25)23-7-4-14(5-8-23)19-16-18-6-3-15(20-16)22-11-9-21(13-24)10-12-22/h3,6,13-14H,2,4-5,7-12H2,1H3,(H,18,19,20). The van der Waals surface area contributed by atoms with Crippen LogP contribution in [0.4, 0.5) is 16.6 Å². The lowest BCUT2D eigenvalue weighted by Gasteiger charge is -2.34. The molecule has 142 valence electrons. The lowest BCUT2D eigenvalue weighted by Crippen LogP contribution is -2.46. The van der Waals surface area contributed by atoms with Crippen molar-refractivity contribution in [2.45, 2.75) is 25.8 Å². The molecule has 0 atom stereocenters. The molecule has 3 heterocycles.